The molecule has 0 atom stereocenters. The lowest BCUT2D eigenvalue weighted by molar-refractivity contribution is 0.0955. The number of carbonyl (C=O) groups excluding carboxylic acids is 3. The van der Waals surface area contributed by atoms with Gasteiger partial charge in [-0.25, -0.2) is 0 Å². The molecule has 2 N–H and O–H groups in total. The summed E-state index contributed by atoms with van der Waals surface area (Å²) in [5.74, 6) is -0.850. The van der Waals surface area contributed by atoms with Gasteiger partial charge in [0.2, 0.25) is 0 Å². The van der Waals surface area contributed by atoms with E-state index < -0.39 is 5.91 Å². The number of carbonyl (C=O) groups is 3. The van der Waals surface area contributed by atoms with Crippen LogP contribution in [0.15, 0.2) is 72.8 Å². The monoisotopic (exact) mass is 406 g/mol. The van der Waals surface area contributed by atoms with E-state index in [9.17, 15) is 14.4 Å². The summed E-state index contributed by atoms with van der Waals surface area (Å²) in [4.78, 5) is 37.5. The van der Waals surface area contributed by atoms with Crippen LogP contribution < -0.4 is 10.6 Å². The standard InChI is InChI=1S/C23H19ClN2O3/c1-2-25-22(28)16-9-13-18(14-10-16)26-23(29)20-6-4-3-5-19(20)21(27)15-7-11-17(24)12-8-15/h3-14H,2H2,1H3,(H,25,28)(H,26,29). The quantitative estimate of drug-likeness (QED) is 0.588. The minimum atomic E-state index is -0.409. The summed E-state index contributed by atoms with van der Waals surface area (Å²) in [6.07, 6.45) is 0. The molecule has 6 heteroatoms. The average molecular weight is 407 g/mol. The molecule has 0 fully saturated rings. The number of halogens is 1. The number of rotatable bonds is 6. The number of hydrogen-bond acceptors (Lipinski definition) is 3. The van der Waals surface area contributed by atoms with E-state index in [1.165, 1.54) is 0 Å². The molecule has 0 radical (unpaired) electrons. The number of anilines is 1. The molecule has 0 spiro atoms. The highest BCUT2D eigenvalue weighted by atomic mass is 35.5. The van der Waals surface area contributed by atoms with Gasteiger partial charge in [-0.05, 0) is 61.5 Å². The van der Waals surface area contributed by atoms with Crippen LogP contribution in [0.1, 0.15) is 43.6 Å². The molecule has 0 saturated heterocycles. The lowest BCUT2D eigenvalue weighted by atomic mass is 9.98. The summed E-state index contributed by atoms with van der Waals surface area (Å²) >= 11 is 5.88. The Hall–Kier alpha value is -3.44. The molecule has 0 aromatic heterocycles. The maximum atomic E-state index is 12.8. The molecule has 3 aromatic carbocycles. The molecule has 5 nitrogen and oxygen atoms in total. The molecular weight excluding hydrogens is 388 g/mol. The molecule has 2 amide bonds. The molecule has 146 valence electrons. The van der Waals surface area contributed by atoms with Crippen LogP contribution in [0.4, 0.5) is 5.69 Å². The van der Waals surface area contributed by atoms with E-state index in [0.717, 1.165) is 0 Å². The summed E-state index contributed by atoms with van der Waals surface area (Å²) in [7, 11) is 0. The van der Waals surface area contributed by atoms with Gasteiger partial charge in [-0.1, -0.05) is 29.8 Å². The van der Waals surface area contributed by atoms with Crippen LogP contribution in [-0.2, 0) is 0 Å². The van der Waals surface area contributed by atoms with Crippen molar-refractivity contribution in [1.29, 1.82) is 0 Å². The average Bonchev–Trinajstić information content (AvgIpc) is 2.74. The van der Waals surface area contributed by atoms with E-state index >= 15 is 0 Å². The Morgan fingerprint density at radius 3 is 1.97 bits per heavy atom. The normalized spacial score (nSPS) is 10.3. The van der Waals surface area contributed by atoms with E-state index in [0.29, 0.717) is 33.9 Å². The Labute approximate surface area is 173 Å². The van der Waals surface area contributed by atoms with Gasteiger partial charge in [-0.2, -0.15) is 0 Å². The summed E-state index contributed by atoms with van der Waals surface area (Å²) < 4.78 is 0. The first-order valence-electron chi connectivity index (χ1n) is 9.08. The van der Waals surface area contributed by atoms with E-state index in [4.69, 9.17) is 11.6 Å². The van der Waals surface area contributed by atoms with Crippen LogP contribution >= 0.6 is 11.6 Å². The predicted molar refractivity (Wildman–Crippen MR) is 114 cm³/mol. The van der Waals surface area contributed by atoms with Gasteiger partial charge in [0.25, 0.3) is 11.8 Å². The van der Waals surface area contributed by atoms with Crippen LogP contribution in [0.5, 0.6) is 0 Å². The highest BCUT2D eigenvalue weighted by Gasteiger charge is 2.18. The Kier molecular flexibility index (Phi) is 6.42. The minimum Gasteiger partial charge on any atom is -0.352 e. The van der Waals surface area contributed by atoms with Crippen LogP contribution in [0.25, 0.3) is 0 Å². The first-order valence-corrected chi connectivity index (χ1v) is 9.46. The number of nitrogens with one attached hydrogen (secondary N) is 2. The van der Waals surface area contributed by atoms with E-state index in [2.05, 4.69) is 10.6 Å². The van der Waals surface area contributed by atoms with Crippen LogP contribution in [-0.4, -0.2) is 24.1 Å². The molecule has 0 aliphatic carbocycles. The number of hydrogen-bond donors (Lipinski definition) is 2. The fourth-order valence-electron chi connectivity index (χ4n) is 2.80. The second kappa shape index (κ2) is 9.17. The third-order valence-corrected chi connectivity index (χ3v) is 4.52. The Balaban J connectivity index is 1.80. The van der Waals surface area contributed by atoms with Gasteiger partial charge in [0.05, 0.1) is 5.56 Å². The first kappa shape index (κ1) is 20.3. The molecule has 29 heavy (non-hydrogen) atoms. The molecular formula is C23H19ClN2O3. The molecule has 0 saturated carbocycles. The van der Waals surface area contributed by atoms with E-state index in [1.54, 1.807) is 72.8 Å². The zero-order valence-corrected chi connectivity index (χ0v) is 16.5. The molecule has 0 aliphatic heterocycles. The minimum absolute atomic E-state index is 0.177. The van der Waals surface area contributed by atoms with Crippen molar-refractivity contribution in [2.45, 2.75) is 6.92 Å². The second-order valence-electron chi connectivity index (χ2n) is 6.27. The molecule has 0 aliphatic rings. The van der Waals surface area contributed by atoms with Gasteiger partial charge >= 0.3 is 0 Å². The van der Waals surface area contributed by atoms with Gasteiger partial charge in [-0.3, -0.25) is 14.4 Å². The third-order valence-electron chi connectivity index (χ3n) is 4.27. The van der Waals surface area contributed by atoms with E-state index in [-0.39, 0.29) is 17.3 Å². The summed E-state index contributed by atoms with van der Waals surface area (Å²) in [5.41, 5.74) is 2.03. The van der Waals surface area contributed by atoms with Crippen LogP contribution in [0.2, 0.25) is 5.02 Å². The van der Waals surface area contributed by atoms with Gasteiger partial charge in [0, 0.05) is 33.9 Å². The lowest BCUT2D eigenvalue weighted by Crippen LogP contribution is -2.22. The van der Waals surface area contributed by atoms with Crippen molar-refractivity contribution in [3.05, 3.63) is 100 Å². The zero-order chi connectivity index (χ0) is 20.8. The maximum absolute atomic E-state index is 12.8. The van der Waals surface area contributed by atoms with Crippen molar-refractivity contribution in [3.8, 4) is 0 Å². The highest BCUT2D eigenvalue weighted by Crippen LogP contribution is 2.19. The van der Waals surface area contributed by atoms with Crippen LogP contribution in [0, 0.1) is 0 Å². The van der Waals surface area contributed by atoms with Gasteiger partial charge in [-0.15, -0.1) is 0 Å². The summed E-state index contributed by atoms with van der Waals surface area (Å²) in [5, 5.41) is 6.01. The summed E-state index contributed by atoms with van der Waals surface area (Å²) in [6, 6.07) is 19.7. The molecule has 0 heterocycles. The van der Waals surface area contributed by atoms with Crippen molar-refractivity contribution in [1.82, 2.24) is 5.32 Å². The molecule has 3 aromatic rings. The molecule has 0 bridgehead atoms. The Morgan fingerprint density at radius 1 is 0.759 bits per heavy atom. The summed E-state index contributed by atoms with van der Waals surface area (Å²) in [6.45, 7) is 2.38. The van der Waals surface area contributed by atoms with E-state index in [1.807, 2.05) is 6.92 Å². The van der Waals surface area contributed by atoms with Gasteiger partial charge in [0.1, 0.15) is 0 Å². The fraction of sp³-hybridized carbons (Fsp3) is 0.0870. The zero-order valence-electron chi connectivity index (χ0n) is 15.7. The first-order chi connectivity index (χ1) is 14.0. The maximum Gasteiger partial charge on any atom is 0.256 e. The Bertz CT molecular complexity index is 1040. The van der Waals surface area contributed by atoms with Crippen molar-refractivity contribution in [3.63, 3.8) is 0 Å². The van der Waals surface area contributed by atoms with Crippen molar-refractivity contribution in [2.75, 3.05) is 11.9 Å². The third kappa shape index (κ3) is 4.89. The number of benzene rings is 3. The highest BCUT2D eigenvalue weighted by molar-refractivity contribution is 6.30. The topological polar surface area (TPSA) is 75.3 Å². The molecule has 3 rings (SSSR count). The van der Waals surface area contributed by atoms with Crippen molar-refractivity contribution in [2.24, 2.45) is 0 Å². The SMILES string of the molecule is CCNC(=O)c1ccc(NC(=O)c2ccccc2C(=O)c2ccc(Cl)cc2)cc1. The Morgan fingerprint density at radius 2 is 1.34 bits per heavy atom. The second-order valence-corrected chi connectivity index (χ2v) is 6.71. The van der Waals surface area contributed by atoms with Crippen molar-refractivity contribution < 1.29 is 14.4 Å². The predicted octanol–water partition coefficient (Wildman–Crippen LogP) is 4.57. The number of ketones is 1. The van der Waals surface area contributed by atoms with Gasteiger partial charge < -0.3 is 10.6 Å². The van der Waals surface area contributed by atoms with Crippen LogP contribution in [0.3, 0.4) is 0 Å². The smallest absolute Gasteiger partial charge is 0.256 e. The van der Waals surface area contributed by atoms with Crippen molar-refractivity contribution >= 4 is 34.9 Å². The number of amides is 2. The fourth-order valence-corrected chi connectivity index (χ4v) is 2.93. The van der Waals surface area contributed by atoms with Gasteiger partial charge in [0.15, 0.2) is 5.78 Å². The molecule has 0 unspecified atom stereocenters. The largest absolute Gasteiger partial charge is 0.352 e. The lowest BCUT2D eigenvalue weighted by Gasteiger charge is -2.10.